The van der Waals surface area contributed by atoms with E-state index in [1.54, 1.807) is 46.8 Å². The first-order chi connectivity index (χ1) is 20.3. The molecule has 1 aliphatic rings. The standard InChI is InChI=1S/C31H39N5O4S2/c1-4-21(2)27(19-37)32-17-23-8-10-25(11-9-23)29(39)34-31-33-18-28(42-31)41-20-24-6-5-7-26(16-24)30(40)36-14-12-35(13-15-36)22(3)38/h5-11,16,18,21,27,32,37H,4,12-15,17,19-20H2,1-3H3,(H,33,34,39)/t21-,27-/m0/s1. The fourth-order valence-electron chi connectivity index (χ4n) is 4.66. The average Bonchev–Trinajstić information content (AvgIpc) is 3.47. The van der Waals surface area contributed by atoms with Gasteiger partial charge in [-0.2, -0.15) is 0 Å². The highest BCUT2D eigenvalue weighted by Gasteiger charge is 2.23. The van der Waals surface area contributed by atoms with Crippen molar-refractivity contribution in [2.75, 3.05) is 38.1 Å². The molecule has 4 rings (SSSR count). The van der Waals surface area contributed by atoms with E-state index >= 15 is 0 Å². The molecule has 1 saturated heterocycles. The predicted molar refractivity (Wildman–Crippen MR) is 168 cm³/mol. The highest BCUT2D eigenvalue weighted by atomic mass is 32.2. The summed E-state index contributed by atoms with van der Waals surface area (Å²) in [6.07, 6.45) is 2.74. The van der Waals surface area contributed by atoms with Crippen molar-refractivity contribution in [1.82, 2.24) is 20.1 Å². The van der Waals surface area contributed by atoms with Gasteiger partial charge >= 0.3 is 0 Å². The lowest BCUT2D eigenvalue weighted by Gasteiger charge is -2.34. The van der Waals surface area contributed by atoms with Crippen molar-refractivity contribution in [3.8, 4) is 0 Å². The zero-order valence-electron chi connectivity index (χ0n) is 24.3. The molecule has 2 atom stereocenters. The number of thioether (sulfide) groups is 1. The second kappa shape index (κ2) is 15.3. The van der Waals surface area contributed by atoms with Crippen LogP contribution in [0.1, 0.15) is 59.0 Å². The third kappa shape index (κ3) is 8.64. The smallest absolute Gasteiger partial charge is 0.257 e. The molecule has 0 spiro atoms. The summed E-state index contributed by atoms with van der Waals surface area (Å²) in [5.41, 5.74) is 3.26. The van der Waals surface area contributed by atoms with E-state index in [0.717, 1.165) is 21.8 Å². The number of nitrogens with one attached hydrogen (secondary N) is 2. The van der Waals surface area contributed by atoms with Crippen LogP contribution in [0.2, 0.25) is 0 Å². The molecule has 1 fully saturated rings. The van der Waals surface area contributed by atoms with Crippen molar-refractivity contribution in [2.45, 2.75) is 49.7 Å². The van der Waals surface area contributed by atoms with Gasteiger partial charge in [0, 0.05) is 62.6 Å². The summed E-state index contributed by atoms with van der Waals surface area (Å²) in [4.78, 5) is 45.3. The maximum atomic E-state index is 13.0. The van der Waals surface area contributed by atoms with Crippen LogP contribution in [0.25, 0.3) is 0 Å². The van der Waals surface area contributed by atoms with Gasteiger partial charge in [-0.25, -0.2) is 4.98 Å². The molecule has 0 bridgehead atoms. The number of anilines is 1. The van der Waals surface area contributed by atoms with E-state index in [9.17, 15) is 19.5 Å². The fraction of sp³-hybridized carbons (Fsp3) is 0.419. The molecule has 9 nitrogen and oxygen atoms in total. The Bertz CT molecular complexity index is 1360. The van der Waals surface area contributed by atoms with Gasteiger partial charge in [-0.1, -0.05) is 55.9 Å². The third-order valence-electron chi connectivity index (χ3n) is 7.58. The highest BCUT2D eigenvalue weighted by Crippen LogP contribution is 2.31. The molecule has 1 aliphatic heterocycles. The Morgan fingerprint density at radius 1 is 1.02 bits per heavy atom. The number of hydrogen-bond acceptors (Lipinski definition) is 8. The normalized spacial score (nSPS) is 14.9. The lowest BCUT2D eigenvalue weighted by molar-refractivity contribution is -0.130. The number of aliphatic hydroxyl groups is 1. The highest BCUT2D eigenvalue weighted by molar-refractivity contribution is 8.00. The van der Waals surface area contributed by atoms with Crippen LogP contribution in [0.15, 0.2) is 58.9 Å². The molecular weight excluding hydrogens is 571 g/mol. The van der Waals surface area contributed by atoms with Crippen LogP contribution >= 0.6 is 23.1 Å². The first-order valence-corrected chi connectivity index (χ1v) is 16.0. The number of amides is 3. The Hall–Kier alpha value is -3.25. The van der Waals surface area contributed by atoms with E-state index in [1.807, 2.05) is 36.4 Å². The van der Waals surface area contributed by atoms with Crippen molar-refractivity contribution < 1.29 is 19.5 Å². The van der Waals surface area contributed by atoms with Gasteiger partial charge in [0.15, 0.2) is 5.13 Å². The summed E-state index contributed by atoms with van der Waals surface area (Å²) >= 11 is 3.01. The van der Waals surface area contributed by atoms with Crippen LogP contribution in [0, 0.1) is 5.92 Å². The zero-order chi connectivity index (χ0) is 30.1. The molecule has 2 aromatic carbocycles. The molecular formula is C31H39N5O4S2. The minimum absolute atomic E-state index is 0.0161. The zero-order valence-corrected chi connectivity index (χ0v) is 26.0. The lowest BCUT2D eigenvalue weighted by atomic mass is 9.99. The molecule has 3 aromatic rings. The molecule has 0 unspecified atom stereocenters. The van der Waals surface area contributed by atoms with Gasteiger partial charge in [0.2, 0.25) is 5.91 Å². The predicted octanol–water partition coefficient (Wildman–Crippen LogP) is 4.49. The molecule has 42 heavy (non-hydrogen) atoms. The van der Waals surface area contributed by atoms with Gasteiger partial charge in [0.05, 0.1) is 17.0 Å². The van der Waals surface area contributed by atoms with Gasteiger partial charge < -0.3 is 20.2 Å². The topological polar surface area (TPSA) is 115 Å². The van der Waals surface area contributed by atoms with E-state index in [4.69, 9.17) is 0 Å². The number of nitrogens with zero attached hydrogens (tertiary/aromatic N) is 3. The minimum Gasteiger partial charge on any atom is -0.395 e. The number of hydrogen-bond donors (Lipinski definition) is 3. The molecule has 11 heteroatoms. The molecule has 0 saturated carbocycles. The summed E-state index contributed by atoms with van der Waals surface area (Å²) in [6, 6.07) is 15.1. The van der Waals surface area contributed by atoms with E-state index in [0.29, 0.717) is 60.7 Å². The third-order valence-corrected chi connectivity index (χ3v) is 9.76. The van der Waals surface area contributed by atoms with Crippen molar-refractivity contribution in [3.05, 3.63) is 77.0 Å². The quantitative estimate of drug-likeness (QED) is 0.259. The summed E-state index contributed by atoms with van der Waals surface area (Å²) in [6.45, 7) is 8.71. The van der Waals surface area contributed by atoms with Gasteiger partial charge in [0.1, 0.15) is 0 Å². The van der Waals surface area contributed by atoms with Gasteiger partial charge in [0.25, 0.3) is 11.8 Å². The van der Waals surface area contributed by atoms with Crippen molar-refractivity contribution >= 4 is 46.0 Å². The number of carbonyl (C=O) groups excluding carboxylic acids is 3. The van der Waals surface area contributed by atoms with Crippen LogP contribution in [0.5, 0.6) is 0 Å². The Morgan fingerprint density at radius 3 is 2.40 bits per heavy atom. The largest absolute Gasteiger partial charge is 0.395 e. The van der Waals surface area contributed by atoms with Crippen LogP contribution < -0.4 is 10.6 Å². The average molecular weight is 610 g/mol. The maximum absolute atomic E-state index is 13.0. The number of benzene rings is 2. The summed E-state index contributed by atoms with van der Waals surface area (Å²) in [7, 11) is 0. The molecule has 224 valence electrons. The second-order valence-corrected chi connectivity index (χ2v) is 12.8. The summed E-state index contributed by atoms with van der Waals surface area (Å²) < 4.78 is 0.962. The van der Waals surface area contributed by atoms with E-state index < -0.39 is 0 Å². The first-order valence-electron chi connectivity index (χ1n) is 14.2. The molecule has 1 aromatic heterocycles. The van der Waals surface area contributed by atoms with Gasteiger partial charge in [-0.05, 0) is 41.3 Å². The number of piperazine rings is 1. The molecule has 0 aliphatic carbocycles. The number of aromatic nitrogens is 1. The Labute approximate surface area is 255 Å². The monoisotopic (exact) mass is 609 g/mol. The van der Waals surface area contributed by atoms with Crippen molar-refractivity contribution in [3.63, 3.8) is 0 Å². The molecule has 3 amide bonds. The SMILES string of the molecule is CC[C@H](C)[C@H](CO)NCc1ccc(C(=O)Nc2ncc(SCc3cccc(C(=O)N4CCN(C(C)=O)CC4)c3)s2)cc1. The van der Waals surface area contributed by atoms with Crippen LogP contribution in [0.3, 0.4) is 0 Å². The Morgan fingerprint density at radius 2 is 1.74 bits per heavy atom. The van der Waals surface area contributed by atoms with E-state index in [2.05, 4.69) is 29.5 Å². The van der Waals surface area contributed by atoms with Crippen molar-refractivity contribution in [2.24, 2.45) is 5.92 Å². The molecule has 0 radical (unpaired) electrons. The van der Waals surface area contributed by atoms with Crippen LogP contribution in [-0.4, -0.2) is 76.4 Å². The number of rotatable bonds is 12. The molecule has 3 N–H and O–H groups in total. The van der Waals surface area contributed by atoms with E-state index in [1.165, 1.54) is 11.3 Å². The summed E-state index contributed by atoms with van der Waals surface area (Å²) in [5, 5.41) is 16.4. The fourth-order valence-corrected chi connectivity index (χ4v) is 6.47. The van der Waals surface area contributed by atoms with Gasteiger partial charge in [-0.3, -0.25) is 19.7 Å². The second-order valence-electron chi connectivity index (χ2n) is 10.5. The van der Waals surface area contributed by atoms with Crippen LogP contribution in [0.4, 0.5) is 5.13 Å². The first kappa shape index (κ1) is 31.7. The Balaban J connectivity index is 1.26. The number of carbonyl (C=O) groups is 3. The van der Waals surface area contributed by atoms with Gasteiger partial charge in [-0.15, -0.1) is 11.8 Å². The Kier molecular flexibility index (Phi) is 11.5. The van der Waals surface area contributed by atoms with Crippen molar-refractivity contribution in [1.29, 1.82) is 0 Å². The van der Waals surface area contributed by atoms with E-state index in [-0.39, 0.29) is 30.4 Å². The summed E-state index contributed by atoms with van der Waals surface area (Å²) in [5.74, 6) is 0.849. The molecule has 2 heterocycles. The number of aliphatic hydroxyl groups excluding tert-OH is 1. The lowest BCUT2D eigenvalue weighted by Crippen LogP contribution is -2.50. The number of thiazole rings is 1. The minimum atomic E-state index is -0.219. The maximum Gasteiger partial charge on any atom is 0.257 e. The van der Waals surface area contributed by atoms with Crippen LogP contribution in [-0.2, 0) is 17.1 Å².